The van der Waals surface area contributed by atoms with E-state index in [1.54, 1.807) is 17.5 Å². The first-order chi connectivity index (χ1) is 10.3. The molecule has 2 heterocycles. The Morgan fingerprint density at radius 3 is 2.71 bits per heavy atom. The molecule has 1 aliphatic carbocycles. The highest BCUT2D eigenvalue weighted by molar-refractivity contribution is 7.14. The van der Waals surface area contributed by atoms with Gasteiger partial charge >= 0.3 is 0 Å². The number of anilines is 1. The van der Waals surface area contributed by atoms with Gasteiger partial charge in [0.1, 0.15) is 0 Å². The lowest BCUT2D eigenvalue weighted by atomic mass is 10.0. The first-order valence-electron chi connectivity index (χ1n) is 7.07. The summed E-state index contributed by atoms with van der Waals surface area (Å²) in [5.74, 6) is 0. The summed E-state index contributed by atoms with van der Waals surface area (Å²) in [6.07, 6.45) is 6.48. The van der Waals surface area contributed by atoms with Gasteiger partial charge in [-0.25, -0.2) is 4.98 Å². The van der Waals surface area contributed by atoms with Gasteiger partial charge in [-0.3, -0.25) is 0 Å². The van der Waals surface area contributed by atoms with Gasteiger partial charge in [0, 0.05) is 16.1 Å². The van der Waals surface area contributed by atoms with Gasteiger partial charge in [-0.2, -0.15) is 4.68 Å². The molecule has 21 heavy (non-hydrogen) atoms. The normalized spacial score (nSPS) is 14.1. The molecule has 2 N–H and O–H groups in total. The van der Waals surface area contributed by atoms with E-state index in [0.29, 0.717) is 0 Å². The van der Waals surface area contributed by atoms with Gasteiger partial charge < -0.3 is 5.73 Å². The molecule has 3 aromatic rings. The summed E-state index contributed by atoms with van der Waals surface area (Å²) in [6.45, 7) is 0. The lowest BCUT2D eigenvalue weighted by Crippen LogP contribution is -2.01. The van der Waals surface area contributed by atoms with Crippen LogP contribution in [0, 0.1) is 0 Å². The molecule has 6 heteroatoms. The number of benzene rings is 1. The Morgan fingerprint density at radius 1 is 1.10 bits per heavy atom. The van der Waals surface area contributed by atoms with Crippen LogP contribution in [0.15, 0.2) is 30.5 Å². The van der Waals surface area contributed by atoms with Crippen molar-refractivity contribution in [2.24, 2.45) is 0 Å². The molecule has 0 aliphatic heterocycles. The Hall–Kier alpha value is -2.21. The fourth-order valence-corrected chi connectivity index (χ4v) is 3.77. The number of nitrogens with two attached hydrogens (primary N) is 1. The molecule has 106 valence electrons. The summed E-state index contributed by atoms with van der Waals surface area (Å²) >= 11 is 1.73. The van der Waals surface area contributed by atoms with Crippen LogP contribution in [0.1, 0.15) is 23.4 Å². The smallest absolute Gasteiger partial charge is 0.212 e. The molecule has 0 saturated carbocycles. The van der Waals surface area contributed by atoms with E-state index in [0.717, 1.165) is 34.9 Å². The van der Waals surface area contributed by atoms with Crippen molar-refractivity contribution in [2.45, 2.75) is 25.7 Å². The molecule has 0 unspecified atom stereocenters. The van der Waals surface area contributed by atoms with E-state index in [9.17, 15) is 0 Å². The molecule has 0 fully saturated rings. The maximum Gasteiger partial charge on any atom is 0.212 e. The first kappa shape index (κ1) is 12.5. The predicted molar refractivity (Wildman–Crippen MR) is 83.5 cm³/mol. The third-order valence-electron chi connectivity index (χ3n) is 3.77. The Bertz CT molecular complexity index is 748. The molecule has 5 nitrogen and oxygen atoms in total. The Labute approximate surface area is 126 Å². The van der Waals surface area contributed by atoms with E-state index in [-0.39, 0.29) is 0 Å². The van der Waals surface area contributed by atoms with Crippen LogP contribution in [0.2, 0.25) is 0 Å². The number of aromatic nitrogens is 4. The Morgan fingerprint density at radius 2 is 1.90 bits per heavy atom. The maximum absolute atomic E-state index is 5.75. The largest absolute Gasteiger partial charge is 0.399 e. The zero-order chi connectivity index (χ0) is 14.2. The van der Waals surface area contributed by atoms with Crippen LogP contribution in [0.4, 0.5) is 5.69 Å². The number of hydrogen-bond donors (Lipinski definition) is 1. The number of hydrogen-bond acceptors (Lipinski definition) is 5. The zero-order valence-corrected chi connectivity index (χ0v) is 12.3. The third kappa shape index (κ3) is 2.21. The summed E-state index contributed by atoms with van der Waals surface area (Å²) < 4.78 is 1.83. The van der Waals surface area contributed by atoms with Crippen LogP contribution in [-0.4, -0.2) is 20.0 Å². The summed E-state index contributed by atoms with van der Waals surface area (Å²) in [7, 11) is 0. The van der Waals surface area contributed by atoms with E-state index >= 15 is 0 Å². The van der Waals surface area contributed by atoms with Gasteiger partial charge in [0.15, 0.2) is 0 Å². The minimum atomic E-state index is 0.752. The van der Waals surface area contributed by atoms with Gasteiger partial charge in [-0.05, 0) is 37.8 Å². The zero-order valence-electron chi connectivity index (χ0n) is 11.5. The van der Waals surface area contributed by atoms with Crippen molar-refractivity contribution in [2.75, 3.05) is 5.73 Å². The van der Waals surface area contributed by atoms with Crippen LogP contribution in [0.5, 0.6) is 0 Å². The second kappa shape index (κ2) is 4.96. The predicted octanol–water partition coefficient (Wildman–Crippen LogP) is 2.85. The maximum atomic E-state index is 5.75. The molecular weight excluding hydrogens is 282 g/mol. The van der Waals surface area contributed by atoms with Crippen molar-refractivity contribution in [3.05, 3.63) is 41.0 Å². The fraction of sp³-hybridized carbons (Fsp3) is 0.267. The summed E-state index contributed by atoms with van der Waals surface area (Å²) in [6, 6.07) is 7.75. The van der Waals surface area contributed by atoms with E-state index < -0.39 is 0 Å². The van der Waals surface area contributed by atoms with Crippen molar-refractivity contribution in [1.82, 2.24) is 20.0 Å². The SMILES string of the molecule is Nc1ccc(-c2cnnn2-c2nc3c(s2)CCCC3)cc1. The average Bonchev–Trinajstić information content (AvgIpc) is 3.14. The van der Waals surface area contributed by atoms with Gasteiger partial charge in [0.2, 0.25) is 5.13 Å². The lowest BCUT2D eigenvalue weighted by Gasteiger charge is -2.06. The van der Waals surface area contributed by atoms with Gasteiger partial charge in [-0.1, -0.05) is 28.7 Å². The lowest BCUT2D eigenvalue weighted by molar-refractivity contribution is 0.679. The van der Waals surface area contributed by atoms with Crippen molar-refractivity contribution >= 4 is 17.0 Å². The number of thiazole rings is 1. The molecule has 0 atom stereocenters. The second-order valence-electron chi connectivity index (χ2n) is 5.23. The summed E-state index contributed by atoms with van der Waals surface area (Å²) in [5.41, 5.74) is 9.72. The Kier molecular flexibility index (Phi) is 2.96. The van der Waals surface area contributed by atoms with Crippen LogP contribution < -0.4 is 5.73 Å². The average molecular weight is 297 g/mol. The van der Waals surface area contributed by atoms with Crippen molar-refractivity contribution < 1.29 is 0 Å². The summed E-state index contributed by atoms with van der Waals surface area (Å²) in [4.78, 5) is 6.15. The van der Waals surface area contributed by atoms with Gasteiger partial charge in [0.25, 0.3) is 0 Å². The summed E-state index contributed by atoms with van der Waals surface area (Å²) in [5, 5.41) is 9.17. The van der Waals surface area contributed by atoms with Crippen LogP contribution in [0.3, 0.4) is 0 Å². The highest BCUT2D eigenvalue weighted by atomic mass is 32.1. The molecule has 0 radical (unpaired) electrons. The van der Waals surface area contributed by atoms with Crippen molar-refractivity contribution in [3.63, 3.8) is 0 Å². The minimum absolute atomic E-state index is 0.752. The third-order valence-corrected chi connectivity index (χ3v) is 4.90. The number of nitrogens with zero attached hydrogens (tertiary/aromatic N) is 4. The number of fused-ring (bicyclic) bond motifs is 1. The first-order valence-corrected chi connectivity index (χ1v) is 7.88. The molecule has 0 saturated heterocycles. The molecule has 1 aromatic carbocycles. The quantitative estimate of drug-likeness (QED) is 0.738. The second-order valence-corrected chi connectivity index (χ2v) is 6.29. The van der Waals surface area contributed by atoms with Crippen molar-refractivity contribution in [1.29, 1.82) is 0 Å². The molecule has 4 rings (SSSR count). The molecule has 0 spiro atoms. The van der Waals surface area contributed by atoms with Crippen LogP contribution >= 0.6 is 11.3 Å². The number of aryl methyl sites for hydroxylation is 2. The number of rotatable bonds is 2. The molecule has 0 bridgehead atoms. The highest BCUT2D eigenvalue weighted by Gasteiger charge is 2.18. The Balaban J connectivity index is 1.78. The highest BCUT2D eigenvalue weighted by Crippen LogP contribution is 2.30. The monoisotopic (exact) mass is 297 g/mol. The molecular formula is C15H15N5S. The molecule has 0 amide bonds. The van der Waals surface area contributed by atoms with E-state index in [4.69, 9.17) is 10.7 Å². The topological polar surface area (TPSA) is 69.6 Å². The van der Waals surface area contributed by atoms with E-state index in [1.807, 2.05) is 28.9 Å². The van der Waals surface area contributed by atoms with Gasteiger partial charge in [0.05, 0.1) is 17.6 Å². The van der Waals surface area contributed by atoms with Gasteiger partial charge in [-0.15, -0.1) is 5.10 Å². The molecule has 1 aliphatic rings. The van der Waals surface area contributed by atoms with Crippen LogP contribution in [-0.2, 0) is 12.8 Å². The van der Waals surface area contributed by atoms with E-state index in [1.165, 1.54) is 23.4 Å². The minimum Gasteiger partial charge on any atom is -0.399 e. The fourth-order valence-electron chi connectivity index (χ4n) is 2.66. The van der Waals surface area contributed by atoms with Crippen LogP contribution in [0.25, 0.3) is 16.4 Å². The van der Waals surface area contributed by atoms with Crippen molar-refractivity contribution in [3.8, 4) is 16.4 Å². The molecule has 2 aromatic heterocycles. The standard InChI is InChI=1S/C15H15N5S/c16-11-7-5-10(6-8-11)13-9-17-19-20(13)15-18-12-3-1-2-4-14(12)21-15/h5-9H,1-4,16H2. The number of nitrogen functional groups attached to an aromatic ring is 1. The van der Waals surface area contributed by atoms with E-state index in [2.05, 4.69) is 10.3 Å².